The van der Waals surface area contributed by atoms with Crippen molar-refractivity contribution in [3.05, 3.63) is 16.3 Å². The Bertz CT molecular complexity index is 842. The quantitative estimate of drug-likeness (QED) is 0.848. The van der Waals surface area contributed by atoms with Crippen LogP contribution in [0.3, 0.4) is 0 Å². The van der Waals surface area contributed by atoms with Gasteiger partial charge < -0.3 is 10.0 Å². The number of piperidine rings is 1. The number of aliphatic carboxylic acids is 1. The number of thiophene rings is 1. The van der Waals surface area contributed by atoms with E-state index < -0.39 is 5.97 Å². The van der Waals surface area contributed by atoms with Crippen molar-refractivity contribution < 1.29 is 9.90 Å². The van der Waals surface area contributed by atoms with E-state index in [4.69, 9.17) is 15.1 Å². The van der Waals surface area contributed by atoms with Crippen LogP contribution in [0.25, 0.3) is 10.2 Å². The van der Waals surface area contributed by atoms with Gasteiger partial charge in [0, 0.05) is 24.0 Å². The van der Waals surface area contributed by atoms with Crippen molar-refractivity contribution in [1.29, 1.82) is 0 Å². The van der Waals surface area contributed by atoms with E-state index in [-0.39, 0.29) is 6.54 Å². The summed E-state index contributed by atoms with van der Waals surface area (Å²) in [6.45, 7) is 6.81. The lowest BCUT2D eigenvalue weighted by Crippen LogP contribution is -2.46. The maximum Gasteiger partial charge on any atom is 0.317 e. The third kappa shape index (κ3) is 3.67. The van der Waals surface area contributed by atoms with Crippen LogP contribution in [0.5, 0.6) is 0 Å². The molecule has 27 heavy (non-hydrogen) atoms. The molecular weight excluding hydrogens is 360 g/mol. The summed E-state index contributed by atoms with van der Waals surface area (Å²) in [6.07, 6.45) is 6.83. The highest BCUT2D eigenvalue weighted by molar-refractivity contribution is 7.19. The van der Waals surface area contributed by atoms with Gasteiger partial charge in [-0.2, -0.15) is 0 Å². The molecule has 1 aliphatic carbocycles. The third-order valence-corrected chi connectivity index (χ3v) is 7.12. The smallest absolute Gasteiger partial charge is 0.317 e. The van der Waals surface area contributed by atoms with Crippen LogP contribution in [0.4, 0.5) is 5.82 Å². The minimum Gasteiger partial charge on any atom is -0.480 e. The monoisotopic (exact) mass is 388 g/mol. The molecule has 0 unspecified atom stereocenters. The summed E-state index contributed by atoms with van der Waals surface area (Å²) in [7, 11) is 0. The summed E-state index contributed by atoms with van der Waals surface area (Å²) in [5, 5.41) is 10.4. The number of aryl methyl sites for hydroxylation is 3. The van der Waals surface area contributed by atoms with Crippen molar-refractivity contribution in [3.8, 4) is 0 Å². The molecule has 0 bridgehead atoms. The molecule has 2 aliphatic rings. The van der Waals surface area contributed by atoms with Crippen LogP contribution in [-0.4, -0.2) is 58.2 Å². The van der Waals surface area contributed by atoms with E-state index in [1.165, 1.54) is 35.1 Å². The summed E-state index contributed by atoms with van der Waals surface area (Å²) in [4.78, 5) is 27.9. The van der Waals surface area contributed by atoms with Gasteiger partial charge in [-0.05, 0) is 57.6 Å². The number of nitrogens with zero attached hydrogens (tertiary/aromatic N) is 4. The fourth-order valence-electron chi connectivity index (χ4n) is 4.59. The molecule has 2 aromatic rings. The lowest BCUT2D eigenvalue weighted by Gasteiger charge is -2.38. The third-order valence-electron chi connectivity index (χ3n) is 5.93. The second kappa shape index (κ2) is 7.72. The molecule has 146 valence electrons. The molecule has 7 heteroatoms. The highest BCUT2D eigenvalue weighted by Gasteiger charge is 2.28. The van der Waals surface area contributed by atoms with E-state index in [2.05, 4.69) is 9.80 Å². The maximum atomic E-state index is 11.1. The molecule has 0 saturated carbocycles. The van der Waals surface area contributed by atoms with Gasteiger partial charge in [0.15, 0.2) is 0 Å². The van der Waals surface area contributed by atoms with Crippen LogP contribution in [0.15, 0.2) is 0 Å². The van der Waals surface area contributed by atoms with Gasteiger partial charge in [-0.25, -0.2) is 9.97 Å². The first-order chi connectivity index (χ1) is 13.1. The Kier molecular flexibility index (Phi) is 5.32. The molecule has 6 nitrogen and oxygen atoms in total. The van der Waals surface area contributed by atoms with Gasteiger partial charge in [-0.15, -0.1) is 11.3 Å². The number of fused-ring (bicyclic) bond motifs is 3. The highest BCUT2D eigenvalue weighted by Crippen LogP contribution is 2.40. The van der Waals surface area contributed by atoms with Crippen molar-refractivity contribution in [2.75, 3.05) is 31.1 Å². The first-order valence-corrected chi connectivity index (χ1v) is 10.9. The highest BCUT2D eigenvalue weighted by atomic mass is 32.1. The fourth-order valence-corrected chi connectivity index (χ4v) is 5.89. The van der Waals surface area contributed by atoms with Gasteiger partial charge >= 0.3 is 5.97 Å². The fraction of sp³-hybridized carbons (Fsp3) is 0.650. The molecule has 1 fully saturated rings. The van der Waals surface area contributed by atoms with Gasteiger partial charge in [0.25, 0.3) is 0 Å². The predicted octanol–water partition coefficient (Wildman–Crippen LogP) is 3.25. The molecule has 3 heterocycles. The zero-order chi connectivity index (χ0) is 19.0. The van der Waals surface area contributed by atoms with Crippen LogP contribution < -0.4 is 4.90 Å². The molecule has 2 aromatic heterocycles. The number of hydrogen-bond donors (Lipinski definition) is 1. The Morgan fingerprint density at radius 3 is 2.70 bits per heavy atom. The normalized spacial score (nSPS) is 18.3. The molecule has 0 atom stereocenters. The van der Waals surface area contributed by atoms with E-state index in [9.17, 15) is 4.79 Å². The van der Waals surface area contributed by atoms with Crippen molar-refractivity contribution in [3.63, 3.8) is 0 Å². The van der Waals surface area contributed by atoms with Crippen LogP contribution >= 0.6 is 11.3 Å². The molecule has 0 amide bonds. The molecule has 0 radical (unpaired) electrons. The number of hydrogen-bond acceptors (Lipinski definition) is 6. The Morgan fingerprint density at radius 1 is 1.26 bits per heavy atom. The average Bonchev–Trinajstić information content (AvgIpc) is 3.03. The van der Waals surface area contributed by atoms with Gasteiger partial charge in [0.1, 0.15) is 16.5 Å². The maximum absolute atomic E-state index is 11.1. The molecular formula is C20H28N4O2S. The molecule has 0 spiro atoms. The van der Waals surface area contributed by atoms with Crippen LogP contribution in [-0.2, 0) is 17.6 Å². The number of carbonyl (C=O) groups is 1. The number of carboxylic acids is 1. The van der Waals surface area contributed by atoms with E-state index in [0.717, 1.165) is 55.4 Å². The minimum atomic E-state index is -0.739. The SMILES string of the molecule is CCN(CC(=O)O)C1CCN(c2nc(C)nc3sc4c(c23)CCCC4)CC1. The zero-order valence-corrected chi connectivity index (χ0v) is 17.0. The first kappa shape index (κ1) is 18.6. The summed E-state index contributed by atoms with van der Waals surface area (Å²) < 4.78 is 0. The summed E-state index contributed by atoms with van der Waals surface area (Å²) >= 11 is 1.86. The minimum absolute atomic E-state index is 0.135. The van der Waals surface area contributed by atoms with Crippen LogP contribution in [0.1, 0.15) is 48.9 Å². The predicted molar refractivity (Wildman–Crippen MR) is 109 cm³/mol. The van der Waals surface area contributed by atoms with Crippen LogP contribution in [0.2, 0.25) is 0 Å². The summed E-state index contributed by atoms with van der Waals surface area (Å²) in [5.74, 6) is 1.22. The Hall–Kier alpha value is -1.73. The van der Waals surface area contributed by atoms with Crippen LogP contribution in [0, 0.1) is 6.92 Å². The Balaban J connectivity index is 1.59. The largest absolute Gasteiger partial charge is 0.480 e. The van der Waals surface area contributed by atoms with Gasteiger partial charge in [-0.1, -0.05) is 6.92 Å². The zero-order valence-electron chi connectivity index (χ0n) is 16.2. The van der Waals surface area contributed by atoms with Crippen molar-refractivity contribution in [1.82, 2.24) is 14.9 Å². The van der Waals surface area contributed by atoms with Gasteiger partial charge in [-0.3, -0.25) is 9.69 Å². The summed E-state index contributed by atoms with van der Waals surface area (Å²) in [5.41, 5.74) is 1.49. The summed E-state index contributed by atoms with van der Waals surface area (Å²) in [6, 6.07) is 0.345. The second-order valence-corrected chi connectivity index (χ2v) is 8.74. The standard InChI is InChI=1S/C20H28N4O2S/c1-3-23(12-17(25)26)14-8-10-24(11-9-14)19-18-15-6-4-5-7-16(15)27-20(18)22-13(2)21-19/h14H,3-12H2,1-2H3,(H,25,26). The topological polar surface area (TPSA) is 69.6 Å². The van der Waals surface area contributed by atoms with E-state index >= 15 is 0 Å². The number of rotatable bonds is 5. The Labute approximate surface area is 164 Å². The van der Waals surface area contributed by atoms with E-state index in [1.54, 1.807) is 0 Å². The van der Waals surface area contributed by atoms with Gasteiger partial charge in [0.05, 0.1) is 11.9 Å². The molecule has 1 N–H and O–H groups in total. The Morgan fingerprint density at radius 2 is 2.00 bits per heavy atom. The van der Waals surface area contributed by atoms with Crippen molar-refractivity contribution in [2.45, 2.75) is 58.4 Å². The second-order valence-electron chi connectivity index (χ2n) is 7.66. The first-order valence-electron chi connectivity index (χ1n) is 10.1. The molecule has 0 aromatic carbocycles. The lowest BCUT2D eigenvalue weighted by atomic mass is 9.96. The molecule has 4 rings (SSSR count). The number of likely N-dealkylation sites (N-methyl/N-ethyl adjacent to an activating group) is 1. The molecule has 1 aliphatic heterocycles. The lowest BCUT2D eigenvalue weighted by molar-refractivity contribution is -0.139. The number of aromatic nitrogens is 2. The van der Waals surface area contributed by atoms with Gasteiger partial charge in [0.2, 0.25) is 0 Å². The molecule has 1 saturated heterocycles. The van der Waals surface area contributed by atoms with Crippen molar-refractivity contribution >= 4 is 33.3 Å². The average molecular weight is 389 g/mol. The number of carboxylic acid groups (broad SMARTS) is 1. The van der Waals surface area contributed by atoms with E-state index in [1.807, 2.05) is 25.2 Å². The number of anilines is 1. The van der Waals surface area contributed by atoms with E-state index in [0.29, 0.717) is 6.04 Å². The van der Waals surface area contributed by atoms with Crippen molar-refractivity contribution in [2.24, 2.45) is 0 Å².